The van der Waals surface area contributed by atoms with E-state index in [2.05, 4.69) is 45.2 Å². The normalized spacial score (nSPS) is 46.6. The lowest BCUT2D eigenvalue weighted by atomic mass is 9.71. The molecule has 4 fully saturated rings. The first-order valence-corrected chi connectivity index (χ1v) is 23.3. The molecule has 0 saturated carbocycles. The van der Waals surface area contributed by atoms with Crippen molar-refractivity contribution in [1.29, 1.82) is 0 Å². The number of rotatable bonds is 8. The molecule has 15 nitrogen and oxygen atoms in total. The Balaban J connectivity index is 1.16. The molecule has 1 spiro atoms. The molecule has 19 atom stereocenters. The van der Waals surface area contributed by atoms with Crippen molar-refractivity contribution in [3.63, 3.8) is 0 Å². The highest BCUT2D eigenvalue weighted by molar-refractivity contribution is 5.78. The Morgan fingerprint density at radius 3 is 2.31 bits per heavy atom. The number of fused-ring (bicyclic) bond motifs is 2. The maximum atomic E-state index is 14.3. The second-order valence-electron chi connectivity index (χ2n) is 19.5. The highest BCUT2D eigenvalue weighted by atomic mass is 16.7. The molecule has 358 valence electrons. The van der Waals surface area contributed by atoms with Crippen LogP contribution in [-0.2, 0) is 57.0 Å². The zero-order valence-electron chi connectivity index (χ0n) is 39.5. The van der Waals surface area contributed by atoms with Crippen molar-refractivity contribution in [2.75, 3.05) is 20.8 Å². The van der Waals surface area contributed by atoms with Gasteiger partial charge in [0.05, 0.1) is 55.4 Å². The van der Waals surface area contributed by atoms with E-state index < -0.39 is 84.7 Å². The molecule has 7 aliphatic rings. The molecule has 64 heavy (non-hydrogen) atoms. The largest absolute Gasteiger partial charge is 0.462 e. The van der Waals surface area contributed by atoms with Gasteiger partial charge in [0.2, 0.25) is 5.91 Å². The lowest BCUT2D eigenvalue weighted by Gasteiger charge is -2.48. The number of nitrogens with one attached hydrogen (secondary N) is 1. The number of amides is 1. The van der Waals surface area contributed by atoms with E-state index in [0.29, 0.717) is 36.8 Å². The summed E-state index contributed by atoms with van der Waals surface area (Å²) in [5.74, 6) is -2.81. The van der Waals surface area contributed by atoms with Gasteiger partial charge in [0, 0.05) is 58.7 Å². The van der Waals surface area contributed by atoms with Crippen molar-refractivity contribution in [2.24, 2.45) is 23.7 Å². The number of carbonyl (C=O) groups excluding carboxylic acids is 2. The standard InChI is InChI=1S/C49H73NO14/c1-25(2)43-28(5)17-18-48(64-43)23-35-20-34(63-48)16-15-27(4)44(26(3)13-12-14-33-24-57-46-42(52)29(6)19-36(47(53)60-35)49(33,46)54)61-40-22-38(56-11)45(31(8)59-40)62-39-21-37(55-10)41(30(7)58-39)50-32(9)51/h12-15,17-19,25-26,28,30-31,34-46,52,54H,16,20-24H2,1-11H3,(H,50,51)/b13-12-,27-15-,33-14?/t26-,28-,30-,31-,34+,35-,36-,37-,38-,39-,40-,41+,42+,43+,44-,45-,46+,48+,49+/m0/s1. The number of hydrogen-bond acceptors (Lipinski definition) is 14. The molecule has 2 bridgehead atoms. The van der Waals surface area contributed by atoms with Crippen molar-refractivity contribution in [1.82, 2.24) is 5.32 Å². The van der Waals surface area contributed by atoms with Crippen molar-refractivity contribution >= 4 is 11.9 Å². The van der Waals surface area contributed by atoms with Crippen molar-refractivity contribution in [3.05, 3.63) is 59.3 Å². The predicted octanol–water partition coefficient (Wildman–Crippen LogP) is 5.13. The summed E-state index contributed by atoms with van der Waals surface area (Å²) in [6.07, 6.45) is 8.46. The average molecular weight is 900 g/mol. The van der Waals surface area contributed by atoms with Crippen LogP contribution < -0.4 is 5.32 Å². The maximum Gasteiger partial charge on any atom is 0.316 e. The molecule has 7 rings (SSSR count). The lowest BCUT2D eigenvalue weighted by molar-refractivity contribution is -0.311. The predicted molar refractivity (Wildman–Crippen MR) is 234 cm³/mol. The van der Waals surface area contributed by atoms with E-state index in [0.717, 1.165) is 5.57 Å². The van der Waals surface area contributed by atoms with Crippen LogP contribution in [-0.4, -0.2) is 140 Å². The van der Waals surface area contributed by atoms with Crippen LogP contribution >= 0.6 is 0 Å². The molecule has 1 aliphatic carbocycles. The van der Waals surface area contributed by atoms with Gasteiger partial charge in [0.25, 0.3) is 0 Å². The average Bonchev–Trinajstić information content (AvgIpc) is 3.58. The Morgan fingerprint density at radius 2 is 1.61 bits per heavy atom. The smallest absolute Gasteiger partial charge is 0.316 e. The van der Waals surface area contributed by atoms with E-state index in [1.807, 2.05) is 39.0 Å². The fourth-order valence-electron chi connectivity index (χ4n) is 10.9. The van der Waals surface area contributed by atoms with Crippen molar-refractivity contribution < 1.29 is 67.2 Å². The van der Waals surface area contributed by atoms with Crippen LogP contribution in [0.1, 0.15) is 94.4 Å². The van der Waals surface area contributed by atoms with Gasteiger partial charge in [-0.25, -0.2) is 0 Å². The number of ether oxygens (including phenoxy) is 10. The minimum atomic E-state index is -1.84. The quantitative estimate of drug-likeness (QED) is 0.216. The van der Waals surface area contributed by atoms with Gasteiger partial charge in [-0.15, -0.1) is 0 Å². The highest BCUT2D eigenvalue weighted by Crippen LogP contribution is 2.47. The second-order valence-corrected chi connectivity index (χ2v) is 19.5. The molecular formula is C49H73NO14. The third kappa shape index (κ3) is 10.2. The highest BCUT2D eigenvalue weighted by Gasteiger charge is 2.60. The van der Waals surface area contributed by atoms with Crippen LogP contribution in [0.15, 0.2) is 59.3 Å². The summed E-state index contributed by atoms with van der Waals surface area (Å²) in [5, 5.41) is 26.7. The first kappa shape index (κ1) is 49.1. The summed E-state index contributed by atoms with van der Waals surface area (Å²) >= 11 is 0. The van der Waals surface area contributed by atoms with Crippen LogP contribution in [0.5, 0.6) is 0 Å². The molecule has 15 heteroatoms. The van der Waals surface area contributed by atoms with Gasteiger partial charge in [-0.3, -0.25) is 9.59 Å². The lowest BCUT2D eigenvalue weighted by Crippen LogP contribution is -2.58. The molecule has 0 aromatic heterocycles. The minimum absolute atomic E-state index is 0.0266. The summed E-state index contributed by atoms with van der Waals surface area (Å²) in [6.45, 7) is 17.5. The number of aliphatic hydroxyl groups excluding tert-OH is 1. The Hall–Kier alpha value is -2.80. The van der Waals surface area contributed by atoms with E-state index in [1.165, 1.54) is 6.92 Å². The van der Waals surface area contributed by atoms with E-state index in [-0.39, 0.29) is 61.0 Å². The number of aliphatic hydroxyl groups is 2. The van der Waals surface area contributed by atoms with Crippen LogP contribution in [0.3, 0.4) is 0 Å². The maximum absolute atomic E-state index is 14.3. The van der Waals surface area contributed by atoms with Crippen LogP contribution in [0.4, 0.5) is 0 Å². The number of carbonyl (C=O) groups is 2. The summed E-state index contributed by atoms with van der Waals surface area (Å²) in [6, 6.07) is -0.314. The molecule has 1 amide bonds. The molecule has 0 aromatic carbocycles. The molecule has 0 radical (unpaired) electrons. The summed E-state index contributed by atoms with van der Waals surface area (Å²) in [7, 11) is 3.27. The first-order valence-electron chi connectivity index (χ1n) is 23.3. The van der Waals surface area contributed by atoms with Gasteiger partial charge >= 0.3 is 5.97 Å². The third-order valence-corrected chi connectivity index (χ3v) is 14.4. The molecule has 0 unspecified atom stereocenters. The van der Waals surface area contributed by atoms with E-state index in [4.69, 9.17) is 47.4 Å². The molecule has 6 aliphatic heterocycles. The minimum Gasteiger partial charge on any atom is -0.462 e. The Kier molecular flexibility index (Phi) is 15.5. The number of allylic oxidation sites excluding steroid dienone is 2. The fraction of sp³-hybridized carbons (Fsp3) is 0.755. The van der Waals surface area contributed by atoms with Gasteiger partial charge in [0.15, 0.2) is 18.4 Å². The zero-order chi connectivity index (χ0) is 46.2. The molecule has 6 heterocycles. The van der Waals surface area contributed by atoms with E-state index in [1.54, 1.807) is 33.3 Å². The third-order valence-electron chi connectivity index (χ3n) is 14.4. The topological polar surface area (TPSA) is 179 Å². The van der Waals surface area contributed by atoms with Gasteiger partial charge in [-0.1, -0.05) is 64.2 Å². The van der Waals surface area contributed by atoms with Crippen molar-refractivity contribution in [3.8, 4) is 0 Å². The Morgan fingerprint density at radius 1 is 0.906 bits per heavy atom. The Labute approximate surface area is 378 Å². The first-order chi connectivity index (χ1) is 30.4. The van der Waals surface area contributed by atoms with Gasteiger partial charge in [-0.2, -0.15) is 0 Å². The summed E-state index contributed by atoms with van der Waals surface area (Å²) < 4.78 is 64.2. The fourth-order valence-corrected chi connectivity index (χ4v) is 10.9. The van der Waals surface area contributed by atoms with Gasteiger partial charge < -0.3 is 62.9 Å². The Bertz CT molecular complexity index is 1830. The van der Waals surface area contributed by atoms with Crippen LogP contribution in [0.2, 0.25) is 0 Å². The number of methoxy groups -OCH3 is 2. The number of hydrogen-bond donors (Lipinski definition) is 3. The molecular weight excluding hydrogens is 827 g/mol. The van der Waals surface area contributed by atoms with Gasteiger partial charge in [0.1, 0.15) is 35.9 Å². The summed E-state index contributed by atoms with van der Waals surface area (Å²) in [4.78, 5) is 26.2. The second kappa shape index (κ2) is 20.2. The van der Waals surface area contributed by atoms with E-state index >= 15 is 0 Å². The molecule has 3 N–H and O–H groups in total. The monoisotopic (exact) mass is 900 g/mol. The molecule has 0 aromatic rings. The van der Waals surface area contributed by atoms with Crippen LogP contribution in [0, 0.1) is 23.7 Å². The molecule has 4 saturated heterocycles. The SMILES string of the molecule is CO[C@H]1C[C@H](O[C@H]2[C@H](C)O[C@@H](O[C@@H]3/C(C)=C\C[C@@H]4C[C@@H](C[C@]5(C=C[C@H](C)[C@@H](C(C)C)O5)O4)OC(=O)[C@@H]4C=C(C)[C@@H](O)[C@H]5OCC(=C/C=C\[C@@H]3C)[C@]54O)C[C@@H]2OC)O[C@@H](C)[C@H]1NC(C)=O. The number of esters is 1. The van der Waals surface area contributed by atoms with Crippen molar-refractivity contribution in [2.45, 2.75) is 192 Å². The van der Waals surface area contributed by atoms with E-state index in [9.17, 15) is 19.8 Å². The zero-order valence-corrected chi connectivity index (χ0v) is 39.5. The van der Waals surface area contributed by atoms with Gasteiger partial charge in [-0.05, 0) is 62.8 Å². The van der Waals surface area contributed by atoms with Crippen LogP contribution in [0.25, 0.3) is 0 Å². The summed E-state index contributed by atoms with van der Waals surface area (Å²) in [5.41, 5.74) is 0.112.